The van der Waals surface area contributed by atoms with Crippen LogP contribution in [0.2, 0.25) is 0 Å². The lowest BCUT2D eigenvalue weighted by atomic mass is 10.0. The van der Waals surface area contributed by atoms with Crippen LogP contribution in [0.5, 0.6) is 0 Å². The van der Waals surface area contributed by atoms with Gasteiger partial charge in [0, 0.05) is 32.7 Å². The highest BCUT2D eigenvalue weighted by Crippen LogP contribution is 2.18. The minimum atomic E-state index is -0.647. The Kier molecular flexibility index (Phi) is 7.29. The number of piperazine rings is 1. The smallest absolute Gasteiger partial charge is 0.410 e. The number of hydrogen-bond acceptors (Lipinski definition) is 5. The van der Waals surface area contributed by atoms with Crippen LogP contribution in [0.3, 0.4) is 0 Å². The second-order valence-corrected chi connectivity index (χ2v) is 8.07. The van der Waals surface area contributed by atoms with Crippen LogP contribution in [0.15, 0.2) is 0 Å². The number of rotatable bonds is 3. The minimum Gasteiger partial charge on any atom is -0.467 e. The van der Waals surface area contributed by atoms with Crippen molar-refractivity contribution in [3.63, 3.8) is 0 Å². The molecule has 1 aliphatic heterocycles. The second-order valence-electron chi connectivity index (χ2n) is 8.07. The van der Waals surface area contributed by atoms with Gasteiger partial charge in [-0.1, -0.05) is 13.8 Å². The van der Waals surface area contributed by atoms with Gasteiger partial charge in [-0.2, -0.15) is 0 Å². The Morgan fingerprint density at radius 3 is 2.15 bits per heavy atom. The predicted molar refractivity (Wildman–Crippen MR) is 97.8 cm³/mol. The van der Waals surface area contributed by atoms with Crippen LogP contribution in [0.25, 0.3) is 0 Å². The van der Waals surface area contributed by atoms with Gasteiger partial charge in [0.05, 0.1) is 7.11 Å². The monoisotopic (exact) mass is 371 g/mol. The maximum atomic E-state index is 12.8. The molecule has 150 valence electrons. The van der Waals surface area contributed by atoms with Crippen molar-refractivity contribution in [1.29, 1.82) is 0 Å². The SMILES string of the molecule is COC(=O)C(C(C)C)N(C)C(=O)N1CCN(C(=O)OC(C)(C)C)C(C)C1. The second kappa shape index (κ2) is 8.60. The van der Waals surface area contributed by atoms with E-state index in [0.717, 1.165) is 0 Å². The number of amides is 3. The first kappa shape index (κ1) is 22.1. The molecule has 8 heteroatoms. The molecule has 0 spiro atoms. The molecule has 1 saturated heterocycles. The lowest BCUT2D eigenvalue weighted by molar-refractivity contribution is -0.147. The maximum Gasteiger partial charge on any atom is 0.410 e. The van der Waals surface area contributed by atoms with Crippen molar-refractivity contribution in [2.24, 2.45) is 5.92 Å². The minimum absolute atomic E-state index is 0.0723. The van der Waals surface area contributed by atoms with E-state index in [4.69, 9.17) is 9.47 Å². The Labute approximate surface area is 156 Å². The van der Waals surface area contributed by atoms with Gasteiger partial charge < -0.3 is 24.2 Å². The normalized spacial score (nSPS) is 19.2. The molecule has 0 aromatic rings. The predicted octanol–water partition coefficient (Wildman–Crippen LogP) is 2.18. The maximum absolute atomic E-state index is 12.8. The standard InChI is InChI=1S/C18H33N3O5/c1-12(2)14(15(22)25-8)19(7)16(23)20-9-10-21(13(3)11-20)17(24)26-18(4,5)6/h12-14H,9-11H2,1-8H3. The molecule has 0 N–H and O–H groups in total. The highest BCUT2D eigenvalue weighted by Gasteiger charge is 2.37. The van der Waals surface area contributed by atoms with Gasteiger partial charge in [0.2, 0.25) is 0 Å². The summed E-state index contributed by atoms with van der Waals surface area (Å²) in [6, 6.07) is -1.07. The fourth-order valence-electron chi connectivity index (χ4n) is 3.06. The molecule has 0 aliphatic carbocycles. The van der Waals surface area contributed by atoms with Crippen molar-refractivity contribution in [2.45, 2.75) is 59.2 Å². The van der Waals surface area contributed by atoms with Gasteiger partial charge in [0.1, 0.15) is 11.6 Å². The van der Waals surface area contributed by atoms with Gasteiger partial charge in [-0.05, 0) is 33.6 Å². The number of likely N-dealkylation sites (N-methyl/N-ethyl adjacent to an activating group) is 1. The highest BCUT2D eigenvalue weighted by atomic mass is 16.6. The molecule has 1 heterocycles. The average molecular weight is 371 g/mol. The highest BCUT2D eigenvalue weighted by molar-refractivity contribution is 5.84. The fraction of sp³-hybridized carbons (Fsp3) is 0.833. The number of esters is 1. The van der Waals surface area contributed by atoms with Gasteiger partial charge in [-0.3, -0.25) is 0 Å². The van der Waals surface area contributed by atoms with E-state index in [0.29, 0.717) is 19.6 Å². The van der Waals surface area contributed by atoms with Crippen LogP contribution in [0.4, 0.5) is 9.59 Å². The van der Waals surface area contributed by atoms with Gasteiger partial charge in [-0.25, -0.2) is 14.4 Å². The van der Waals surface area contributed by atoms with Crippen molar-refractivity contribution in [2.75, 3.05) is 33.8 Å². The van der Waals surface area contributed by atoms with E-state index in [-0.39, 0.29) is 24.1 Å². The Morgan fingerprint density at radius 2 is 1.73 bits per heavy atom. The Balaban J connectivity index is 2.77. The molecule has 1 rings (SSSR count). The summed E-state index contributed by atoms with van der Waals surface area (Å²) in [4.78, 5) is 41.8. The zero-order valence-corrected chi connectivity index (χ0v) is 17.2. The molecular formula is C18H33N3O5. The molecule has 2 unspecified atom stereocenters. The molecule has 1 aliphatic rings. The fourth-order valence-corrected chi connectivity index (χ4v) is 3.06. The topological polar surface area (TPSA) is 79.4 Å². The molecule has 1 fully saturated rings. The van der Waals surface area contributed by atoms with Gasteiger partial charge in [0.25, 0.3) is 0 Å². The van der Waals surface area contributed by atoms with Crippen LogP contribution < -0.4 is 0 Å². The van der Waals surface area contributed by atoms with Crippen molar-refractivity contribution in [3.05, 3.63) is 0 Å². The first-order valence-electron chi connectivity index (χ1n) is 8.98. The molecule has 26 heavy (non-hydrogen) atoms. The van der Waals surface area contributed by atoms with Crippen LogP contribution >= 0.6 is 0 Å². The van der Waals surface area contributed by atoms with Gasteiger partial charge in [-0.15, -0.1) is 0 Å². The zero-order valence-electron chi connectivity index (χ0n) is 17.2. The number of carbonyl (C=O) groups excluding carboxylic acids is 3. The summed E-state index contributed by atoms with van der Waals surface area (Å²) < 4.78 is 10.2. The van der Waals surface area contributed by atoms with E-state index in [1.54, 1.807) is 16.8 Å². The molecule has 0 aromatic heterocycles. The molecule has 0 bridgehead atoms. The van der Waals surface area contributed by atoms with E-state index in [2.05, 4.69) is 0 Å². The molecule has 0 aromatic carbocycles. The zero-order chi connectivity index (χ0) is 20.2. The molecule has 0 saturated carbocycles. The van der Waals surface area contributed by atoms with Crippen molar-refractivity contribution in [1.82, 2.24) is 14.7 Å². The van der Waals surface area contributed by atoms with E-state index in [1.165, 1.54) is 12.0 Å². The molecular weight excluding hydrogens is 338 g/mol. The lowest BCUT2D eigenvalue weighted by Crippen LogP contribution is -2.60. The summed E-state index contributed by atoms with van der Waals surface area (Å²) in [5.41, 5.74) is -0.561. The number of hydrogen-bond donors (Lipinski definition) is 0. The first-order chi connectivity index (χ1) is 11.9. The first-order valence-corrected chi connectivity index (χ1v) is 8.98. The number of ether oxygens (including phenoxy) is 2. The van der Waals surface area contributed by atoms with Crippen LogP contribution in [-0.4, -0.2) is 84.3 Å². The number of nitrogens with zero attached hydrogens (tertiary/aromatic N) is 3. The third kappa shape index (κ3) is 5.51. The van der Waals surface area contributed by atoms with Crippen LogP contribution in [0, 0.1) is 5.92 Å². The van der Waals surface area contributed by atoms with Gasteiger partial charge >= 0.3 is 18.1 Å². The summed E-state index contributed by atoms with van der Waals surface area (Å²) in [7, 11) is 2.92. The van der Waals surface area contributed by atoms with Gasteiger partial charge in [0.15, 0.2) is 0 Å². The van der Waals surface area contributed by atoms with E-state index < -0.39 is 17.6 Å². The number of carbonyl (C=O) groups is 3. The average Bonchev–Trinajstić information content (AvgIpc) is 2.51. The summed E-state index contributed by atoms with van der Waals surface area (Å²) in [6.45, 7) is 12.2. The Morgan fingerprint density at radius 1 is 1.15 bits per heavy atom. The quantitative estimate of drug-likeness (QED) is 0.711. The number of urea groups is 1. The third-order valence-corrected chi connectivity index (χ3v) is 4.32. The molecule has 0 radical (unpaired) electrons. The Bertz CT molecular complexity index is 529. The third-order valence-electron chi connectivity index (χ3n) is 4.32. The van der Waals surface area contributed by atoms with E-state index in [1.807, 2.05) is 41.5 Å². The summed E-state index contributed by atoms with van der Waals surface area (Å²) in [6.07, 6.45) is -0.375. The van der Waals surface area contributed by atoms with Crippen LogP contribution in [-0.2, 0) is 14.3 Å². The largest absolute Gasteiger partial charge is 0.467 e. The van der Waals surface area contributed by atoms with Crippen LogP contribution in [0.1, 0.15) is 41.5 Å². The van der Waals surface area contributed by atoms with E-state index in [9.17, 15) is 14.4 Å². The van der Waals surface area contributed by atoms with Crippen molar-refractivity contribution >= 4 is 18.1 Å². The lowest BCUT2D eigenvalue weighted by Gasteiger charge is -2.42. The summed E-state index contributed by atoms with van der Waals surface area (Å²) in [5, 5.41) is 0. The summed E-state index contributed by atoms with van der Waals surface area (Å²) in [5.74, 6) is -0.506. The molecule has 2 atom stereocenters. The summed E-state index contributed by atoms with van der Waals surface area (Å²) >= 11 is 0. The van der Waals surface area contributed by atoms with Crippen molar-refractivity contribution in [3.8, 4) is 0 Å². The van der Waals surface area contributed by atoms with E-state index >= 15 is 0 Å². The number of methoxy groups -OCH3 is 1. The molecule has 3 amide bonds. The Hall–Kier alpha value is -1.99. The molecule has 8 nitrogen and oxygen atoms in total. The van der Waals surface area contributed by atoms with Crippen molar-refractivity contribution < 1.29 is 23.9 Å².